The van der Waals surface area contributed by atoms with E-state index in [4.69, 9.17) is 4.84 Å². The number of hydrogen-bond donors (Lipinski definition) is 1. The average Bonchev–Trinajstić information content (AvgIpc) is 2.17. The number of benzene rings is 1. The third kappa shape index (κ3) is 3.89. The van der Waals surface area contributed by atoms with Gasteiger partial charge in [0.1, 0.15) is 0 Å². The zero-order chi connectivity index (χ0) is 11.3. The Morgan fingerprint density at radius 2 is 2.07 bits per heavy atom. The molecule has 15 heavy (non-hydrogen) atoms. The van der Waals surface area contributed by atoms with Crippen LogP contribution in [0.15, 0.2) is 24.3 Å². The van der Waals surface area contributed by atoms with E-state index in [9.17, 15) is 13.2 Å². The quantitative estimate of drug-likeness (QED) is 0.621. The Morgan fingerprint density at radius 1 is 1.33 bits per heavy atom. The summed E-state index contributed by atoms with van der Waals surface area (Å²) in [6.07, 6.45) is -4.29. The summed E-state index contributed by atoms with van der Waals surface area (Å²) in [4.78, 5) is 4.83. The molecule has 1 aromatic carbocycles. The maximum absolute atomic E-state index is 12.3. The lowest BCUT2D eigenvalue weighted by Gasteiger charge is -2.09. The van der Waals surface area contributed by atoms with E-state index in [1.165, 1.54) is 6.07 Å². The molecule has 0 amide bonds. The first-order valence-electron chi connectivity index (χ1n) is 4.55. The van der Waals surface area contributed by atoms with Gasteiger partial charge >= 0.3 is 6.18 Å². The third-order valence-electron chi connectivity index (χ3n) is 1.78. The molecule has 0 fully saturated rings. The second-order valence-electron chi connectivity index (χ2n) is 2.95. The zero-order valence-electron chi connectivity index (χ0n) is 8.27. The fourth-order valence-corrected chi connectivity index (χ4v) is 1.09. The van der Waals surface area contributed by atoms with Crippen molar-refractivity contribution >= 4 is 0 Å². The van der Waals surface area contributed by atoms with Gasteiger partial charge in [0.2, 0.25) is 0 Å². The number of rotatable bonds is 4. The predicted molar refractivity (Wildman–Crippen MR) is 49.9 cm³/mol. The van der Waals surface area contributed by atoms with Crippen LogP contribution in [0.4, 0.5) is 13.2 Å². The van der Waals surface area contributed by atoms with Gasteiger partial charge in [-0.1, -0.05) is 18.2 Å². The van der Waals surface area contributed by atoms with Gasteiger partial charge in [-0.25, -0.2) is 0 Å². The Labute approximate surface area is 86.0 Å². The molecule has 0 aromatic heterocycles. The summed E-state index contributed by atoms with van der Waals surface area (Å²) >= 11 is 0. The first-order chi connectivity index (χ1) is 7.04. The summed E-state index contributed by atoms with van der Waals surface area (Å²) in [5, 5.41) is 0. The summed E-state index contributed by atoms with van der Waals surface area (Å²) in [7, 11) is 0. The highest BCUT2D eigenvalue weighted by Crippen LogP contribution is 2.29. The van der Waals surface area contributed by atoms with Crippen LogP contribution in [0, 0.1) is 0 Å². The van der Waals surface area contributed by atoms with Crippen LogP contribution in [0.5, 0.6) is 0 Å². The Balaban J connectivity index is 2.66. The van der Waals surface area contributed by atoms with Crippen molar-refractivity contribution in [2.75, 3.05) is 6.61 Å². The molecule has 0 bridgehead atoms. The number of halogens is 3. The summed E-state index contributed by atoms with van der Waals surface area (Å²) < 4.78 is 36.9. The molecule has 1 rings (SSSR count). The van der Waals surface area contributed by atoms with E-state index in [0.717, 1.165) is 12.1 Å². The van der Waals surface area contributed by atoms with Crippen molar-refractivity contribution in [3.05, 3.63) is 35.4 Å². The van der Waals surface area contributed by atoms with E-state index in [1.54, 1.807) is 13.0 Å². The fraction of sp³-hybridized carbons (Fsp3) is 0.400. The molecular weight excluding hydrogens is 207 g/mol. The van der Waals surface area contributed by atoms with Crippen LogP contribution in [0.3, 0.4) is 0 Å². The van der Waals surface area contributed by atoms with E-state index in [0.29, 0.717) is 12.2 Å². The minimum absolute atomic E-state index is 0.262. The number of alkyl halides is 3. The Morgan fingerprint density at radius 3 is 2.67 bits per heavy atom. The molecule has 84 valence electrons. The maximum atomic E-state index is 12.3. The molecule has 0 spiro atoms. The highest BCUT2D eigenvalue weighted by atomic mass is 19.4. The molecule has 0 radical (unpaired) electrons. The van der Waals surface area contributed by atoms with E-state index < -0.39 is 11.7 Å². The monoisotopic (exact) mass is 219 g/mol. The lowest BCUT2D eigenvalue weighted by Crippen LogP contribution is -2.14. The van der Waals surface area contributed by atoms with Crippen LogP contribution in [0.2, 0.25) is 0 Å². The number of nitrogens with one attached hydrogen (secondary N) is 1. The van der Waals surface area contributed by atoms with Gasteiger partial charge in [0, 0.05) is 6.54 Å². The maximum Gasteiger partial charge on any atom is 0.416 e. The molecule has 0 aliphatic carbocycles. The molecule has 0 unspecified atom stereocenters. The summed E-state index contributed by atoms with van der Waals surface area (Å²) in [5.41, 5.74) is 2.46. The van der Waals surface area contributed by atoms with Crippen molar-refractivity contribution in [3.63, 3.8) is 0 Å². The number of hydrogen-bond acceptors (Lipinski definition) is 2. The van der Waals surface area contributed by atoms with Crippen molar-refractivity contribution in [1.82, 2.24) is 5.48 Å². The molecule has 0 saturated heterocycles. The zero-order valence-corrected chi connectivity index (χ0v) is 8.27. The van der Waals surface area contributed by atoms with Gasteiger partial charge in [-0.2, -0.15) is 18.7 Å². The average molecular weight is 219 g/mol. The molecule has 1 N–H and O–H groups in total. The predicted octanol–water partition coefficient (Wildman–Crippen LogP) is 2.75. The van der Waals surface area contributed by atoms with Gasteiger partial charge in [-0.3, -0.25) is 0 Å². The third-order valence-corrected chi connectivity index (χ3v) is 1.78. The molecule has 0 heterocycles. The molecule has 0 aliphatic rings. The van der Waals surface area contributed by atoms with E-state index in [-0.39, 0.29) is 6.54 Å². The summed E-state index contributed by atoms with van der Waals surface area (Å²) in [6, 6.07) is 5.14. The van der Waals surface area contributed by atoms with Crippen LogP contribution in [0.25, 0.3) is 0 Å². The highest BCUT2D eigenvalue weighted by molar-refractivity contribution is 5.25. The van der Waals surface area contributed by atoms with Crippen LogP contribution >= 0.6 is 0 Å². The normalized spacial score (nSPS) is 11.7. The molecule has 1 aromatic rings. The van der Waals surface area contributed by atoms with Gasteiger partial charge in [-0.05, 0) is 18.6 Å². The minimum atomic E-state index is -4.29. The van der Waals surface area contributed by atoms with Crippen molar-refractivity contribution in [2.24, 2.45) is 0 Å². The van der Waals surface area contributed by atoms with Gasteiger partial charge in [-0.15, -0.1) is 0 Å². The largest absolute Gasteiger partial charge is 0.416 e. The van der Waals surface area contributed by atoms with E-state index in [2.05, 4.69) is 5.48 Å². The standard InChI is InChI=1S/C10H12F3NO/c1-2-15-14-7-8-4-3-5-9(6-8)10(11,12)13/h3-6,14H,2,7H2,1H3. The van der Waals surface area contributed by atoms with Gasteiger partial charge < -0.3 is 4.84 Å². The Kier molecular flexibility index (Phi) is 4.11. The summed E-state index contributed by atoms with van der Waals surface area (Å²) in [6.45, 7) is 2.52. The van der Waals surface area contributed by atoms with Crippen molar-refractivity contribution in [3.8, 4) is 0 Å². The van der Waals surface area contributed by atoms with E-state index >= 15 is 0 Å². The van der Waals surface area contributed by atoms with E-state index in [1.807, 2.05) is 0 Å². The second kappa shape index (κ2) is 5.14. The van der Waals surface area contributed by atoms with Gasteiger partial charge in [0.05, 0.1) is 12.2 Å². The topological polar surface area (TPSA) is 21.3 Å². The molecule has 0 aliphatic heterocycles. The summed E-state index contributed by atoms with van der Waals surface area (Å²) in [5.74, 6) is 0. The molecule has 0 saturated carbocycles. The first-order valence-corrected chi connectivity index (χ1v) is 4.55. The molecule has 0 atom stereocenters. The molecular formula is C10H12F3NO. The van der Waals surface area contributed by atoms with Gasteiger partial charge in [0.25, 0.3) is 0 Å². The highest BCUT2D eigenvalue weighted by Gasteiger charge is 2.30. The first kappa shape index (κ1) is 12.0. The van der Waals surface area contributed by atoms with Crippen LogP contribution in [-0.4, -0.2) is 6.61 Å². The number of hydroxylamine groups is 1. The second-order valence-corrected chi connectivity index (χ2v) is 2.95. The lowest BCUT2D eigenvalue weighted by molar-refractivity contribution is -0.137. The SMILES string of the molecule is CCONCc1cccc(C(F)(F)F)c1. The lowest BCUT2D eigenvalue weighted by atomic mass is 10.1. The van der Waals surface area contributed by atoms with Crippen LogP contribution in [0.1, 0.15) is 18.1 Å². The molecule has 5 heteroatoms. The van der Waals surface area contributed by atoms with Crippen molar-refractivity contribution in [1.29, 1.82) is 0 Å². The van der Waals surface area contributed by atoms with Gasteiger partial charge in [0.15, 0.2) is 0 Å². The van der Waals surface area contributed by atoms with Crippen LogP contribution in [-0.2, 0) is 17.6 Å². The Bertz CT molecular complexity index is 312. The van der Waals surface area contributed by atoms with Crippen molar-refractivity contribution in [2.45, 2.75) is 19.6 Å². The minimum Gasteiger partial charge on any atom is -0.302 e. The fourth-order valence-electron chi connectivity index (χ4n) is 1.09. The molecule has 2 nitrogen and oxygen atoms in total. The van der Waals surface area contributed by atoms with Crippen LogP contribution < -0.4 is 5.48 Å². The van der Waals surface area contributed by atoms with Crippen molar-refractivity contribution < 1.29 is 18.0 Å². The smallest absolute Gasteiger partial charge is 0.302 e. The Hall–Kier alpha value is -1.07.